The Balaban J connectivity index is 1.84. The maximum absolute atomic E-state index is 12.5. The van der Waals surface area contributed by atoms with Gasteiger partial charge in [0.25, 0.3) is 5.91 Å². The fourth-order valence-corrected chi connectivity index (χ4v) is 3.75. The lowest BCUT2D eigenvalue weighted by molar-refractivity contribution is -0.110. The van der Waals surface area contributed by atoms with Crippen molar-refractivity contribution >= 4 is 23.4 Å². The van der Waals surface area contributed by atoms with Crippen molar-refractivity contribution in [3.8, 4) is 11.1 Å². The number of likely N-dealkylation sites (N-methyl/N-ethyl adjacent to an activating group) is 1. The summed E-state index contributed by atoms with van der Waals surface area (Å²) in [5.41, 5.74) is 6.08. The van der Waals surface area contributed by atoms with Crippen LogP contribution in [0, 0.1) is 0 Å². The smallest absolute Gasteiger partial charge is 0.320 e. The van der Waals surface area contributed by atoms with Gasteiger partial charge in [-0.15, -0.1) is 0 Å². The topological polar surface area (TPSA) is 83.0 Å². The zero-order chi connectivity index (χ0) is 19.7. The largest absolute Gasteiger partial charge is 0.433 e. The van der Waals surface area contributed by atoms with Crippen molar-refractivity contribution in [2.45, 2.75) is 19.9 Å². The quantitative estimate of drug-likeness (QED) is 0.636. The maximum Gasteiger partial charge on any atom is 0.433 e. The normalized spacial score (nSPS) is 17.1. The molecule has 0 radical (unpaired) electrons. The third-order valence-corrected chi connectivity index (χ3v) is 5.06. The van der Waals surface area contributed by atoms with Crippen LogP contribution < -0.4 is 10.6 Å². The van der Waals surface area contributed by atoms with Gasteiger partial charge in [-0.05, 0) is 48.7 Å². The van der Waals surface area contributed by atoms with Crippen LogP contribution in [0.5, 0.6) is 0 Å². The predicted octanol–water partition coefficient (Wildman–Crippen LogP) is 2.74. The summed E-state index contributed by atoms with van der Waals surface area (Å²) in [6.45, 7) is 3.90. The highest BCUT2D eigenvalue weighted by atomic mass is 16.7. The minimum Gasteiger partial charge on any atom is -0.320 e. The Kier molecular flexibility index (Phi) is 4.83. The van der Waals surface area contributed by atoms with Crippen molar-refractivity contribution < 1.29 is 14.4 Å². The molecule has 0 atom stereocenters. The first-order valence-corrected chi connectivity index (χ1v) is 9.35. The Morgan fingerprint density at radius 2 is 2.04 bits per heavy atom. The minimum atomic E-state index is -0.683. The molecule has 0 saturated carbocycles. The van der Waals surface area contributed by atoms with E-state index in [1.165, 1.54) is 5.56 Å². The first-order chi connectivity index (χ1) is 13.6. The Bertz CT molecular complexity index is 969. The van der Waals surface area contributed by atoms with E-state index < -0.39 is 6.09 Å². The number of benzene rings is 2. The molecule has 2 aromatic carbocycles. The third-order valence-electron chi connectivity index (χ3n) is 5.06. The monoisotopic (exact) mass is 378 g/mol. The zero-order valence-corrected chi connectivity index (χ0v) is 15.9. The summed E-state index contributed by atoms with van der Waals surface area (Å²) in [7, 11) is 2.06. The highest BCUT2D eigenvalue weighted by Gasteiger charge is 2.33. The molecule has 2 heterocycles. The van der Waals surface area contributed by atoms with E-state index in [1.54, 1.807) is 6.92 Å². The Morgan fingerprint density at radius 3 is 2.79 bits per heavy atom. The number of carbonyl (C=O) groups is 2. The molecule has 0 spiro atoms. The average molecular weight is 378 g/mol. The molecule has 7 heteroatoms. The minimum absolute atomic E-state index is 0.120. The van der Waals surface area contributed by atoms with Gasteiger partial charge in [-0.2, -0.15) is 0 Å². The van der Waals surface area contributed by atoms with E-state index >= 15 is 0 Å². The third kappa shape index (κ3) is 3.25. The molecule has 2 N–H and O–H groups in total. The summed E-state index contributed by atoms with van der Waals surface area (Å²) in [6.07, 6.45) is 0.221. The van der Waals surface area contributed by atoms with Crippen LogP contribution in [0.25, 0.3) is 11.1 Å². The second kappa shape index (κ2) is 7.44. The standard InChI is InChI=1S/C21H22N4O3/c1-3-22-21(27)28-24-19-16-11-15(13-7-5-4-6-8-13)14-9-10-25(2)12-17(14)18(16)23-20(19)26/h4-8,11H,3,9-10,12H2,1-2H3,(H,22,27)(H,23,24,26). The van der Waals surface area contributed by atoms with Gasteiger partial charge in [0, 0.05) is 25.2 Å². The molecule has 2 amide bonds. The molecule has 0 aromatic heterocycles. The molecule has 144 valence electrons. The molecule has 7 nitrogen and oxygen atoms in total. The molecule has 4 rings (SSSR count). The number of hydrogen-bond acceptors (Lipinski definition) is 5. The molecular formula is C21H22N4O3. The van der Waals surface area contributed by atoms with E-state index in [-0.39, 0.29) is 11.6 Å². The summed E-state index contributed by atoms with van der Waals surface area (Å²) < 4.78 is 0. The van der Waals surface area contributed by atoms with Crippen molar-refractivity contribution in [1.82, 2.24) is 10.2 Å². The highest BCUT2D eigenvalue weighted by molar-refractivity contribution is 6.54. The summed E-state index contributed by atoms with van der Waals surface area (Å²) in [5, 5.41) is 9.26. The highest BCUT2D eigenvalue weighted by Crippen LogP contribution is 2.39. The molecule has 2 aromatic rings. The first-order valence-electron chi connectivity index (χ1n) is 9.35. The second-order valence-corrected chi connectivity index (χ2v) is 6.96. The summed E-state index contributed by atoms with van der Waals surface area (Å²) >= 11 is 0. The van der Waals surface area contributed by atoms with Crippen molar-refractivity contribution in [2.75, 3.05) is 25.5 Å². The number of nitrogens with zero attached hydrogens (tertiary/aromatic N) is 2. The van der Waals surface area contributed by atoms with Gasteiger partial charge in [-0.3, -0.25) is 9.63 Å². The molecular weight excluding hydrogens is 356 g/mol. The number of fused-ring (bicyclic) bond motifs is 3. The zero-order valence-electron chi connectivity index (χ0n) is 15.9. The van der Waals surface area contributed by atoms with E-state index in [4.69, 9.17) is 4.84 Å². The lowest BCUT2D eigenvalue weighted by Crippen LogP contribution is -2.27. The van der Waals surface area contributed by atoms with Gasteiger partial charge in [0.1, 0.15) is 0 Å². The number of rotatable bonds is 3. The van der Waals surface area contributed by atoms with Crippen molar-refractivity contribution in [2.24, 2.45) is 5.16 Å². The predicted molar refractivity (Wildman–Crippen MR) is 107 cm³/mol. The van der Waals surface area contributed by atoms with E-state index in [9.17, 15) is 9.59 Å². The van der Waals surface area contributed by atoms with Crippen molar-refractivity contribution in [3.05, 3.63) is 53.1 Å². The van der Waals surface area contributed by atoms with Crippen LogP contribution in [-0.4, -0.2) is 42.7 Å². The number of carbonyl (C=O) groups excluding carboxylic acids is 2. The number of nitrogens with one attached hydrogen (secondary N) is 2. The first kappa shape index (κ1) is 18.2. The van der Waals surface area contributed by atoms with Crippen LogP contribution >= 0.6 is 0 Å². The Labute approximate surface area is 163 Å². The van der Waals surface area contributed by atoms with Gasteiger partial charge in [-0.25, -0.2) is 4.79 Å². The van der Waals surface area contributed by atoms with E-state index in [0.717, 1.165) is 41.9 Å². The molecule has 28 heavy (non-hydrogen) atoms. The van der Waals surface area contributed by atoms with Gasteiger partial charge in [0.2, 0.25) is 0 Å². The molecule has 0 fully saturated rings. The van der Waals surface area contributed by atoms with Gasteiger partial charge in [-0.1, -0.05) is 35.5 Å². The maximum atomic E-state index is 12.5. The molecule has 2 aliphatic rings. The average Bonchev–Trinajstić information content (AvgIpc) is 3.02. The molecule has 0 saturated heterocycles. The Hall–Kier alpha value is -3.19. The number of amides is 2. The lowest BCUT2D eigenvalue weighted by atomic mass is 9.87. The summed E-state index contributed by atoms with van der Waals surface area (Å²) in [6, 6.07) is 12.1. The van der Waals surface area contributed by atoms with Crippen LogP contribution in [0.3, 0.4) is 0 Å². The SMILES string of the molecule is CCNC(=O)ON=C1C(=O)Nc2c1cc(-c1ccccc1)c1c2CN(C)CC1. The van der Waals surface area contributed by atoms with Crippen molar-refractivity contribution in [3.63, 3.8) is 0 Å². The fraction of sp³-hybridized carbons (Fsp3) is 0.286. The van der Waals surface area contributed by atoms with Crippen LogP contribution in [0.15, 0.2) is 41.6 Å². The van der Waals surface area contributed by atoms with Crippen LogP contribution in [-0.2, 0) is 22.6 Å². The van der Waals surface area contributed by atoms with Gasteiger partial charge in [0.05, 0.1) is 5.69 Å². The molecule has 0 bridgehead atoms. The van der Waals surface area contributed by atoms with E-state index in [1.807, 2.05) is 24.3 Å². The van der Waals surface area contributed by atoms with Gasteiger partial charge < -0.3 is 15.5 Å². The number of hydrogen-bond donors (Lipinski definition) is 2. The second-order valence-electron chi connectivity index (χ2n) is 6.96. The van der Waals surface area contributed by atoms with Gasteiger partial charge in [0.15, 0.2) is 5.71 Å². The summed E-state index contributed by atoms with van der Waals surface area (Å²) in [5.74, 6) is -0.361. The van der Waals surface area contributed by atoms with E-state index in [0.29, 0.717) is 12.1 Å². The number of oxime groups is 1. The van der Waals surface area contributed by atoms with Crippen LogP contribution in [0.1, 0.15) is 23.6 Å². The lowest BCUT2D eigenvalue weighted by Gasteiger charge is -2.29. The molecule has 0 unspecified atom stereocenters. The molecule has 0 aliphatic carbocycles. The van der Waals surface area contributed by atoms with Gasteiger partial charge >= 0.3 is 6.09 Å². The van der Waals surface area contributed by atoms with E-state index in [2.05, 4.69) is 39.9 Å². The number of anilines is 1. The van der Waals surface area contributed by atoms with Crippen LogP contribution in [0.4, 0.5) is 10.5 Å². The van der Waals surface area contributed by atoms with Crippen LogP contribution in [0.2, 0.25) is 0 Å². The Morgan fingerprint density at radius 1 is 1.25 bits per heavy atom. The van der Waals surface area contributed by atoms with Crippen molar-refractivity contribution in [1.29, 1.82) is 0 Å². The molecule has 2 aliphatic heterocycles. The summed E-state index contributed by atoms with van der Waals surface area (Å²) in [4.78, 5) is 31.3. The fourth-order valence-electron chi connectivity index (χ4n) is 3.75.